The number of aryl methyl sites for hydroxylation is 2. The minimum atomic E-state index is -0.238. The number of benzene rings is 2. The van der Waals surface area contributed by atoms with Gasteiger partial charge in [-0.15, -0.1) is 0 Å². The minimum absolute atomic E-state index is 0.0832. The fourth-order valence-electron chi connectivity index (χ4n) is 3.96. The second-order valence-electron chi connectivity index (χ2n) is 8.34. The summed E-state index contributed by atoms with van der Waals surface area (Å²) in [5, 5.41) is 8.89. The number of amides is 2. The molecule has 1 aliphatic carbocycles. The average molecular weight is 438 g/mol. The van der Waals surface area contributed by atoms with Gasteiger partial charge in [-0.1, -0.05) is 50.3 Å². The third kappa shape index (κ3) is 6.89. The Balaban J connectivity index is 1.56. The Labute approximate surface area is 190 Å². The Morgan fingerprint density at radius 2 is 1.71 bits per heavy atom. The number of rotatable bonds is 6. The van der Waals surface area contributed by atoms with Gasteiger partial charge < -0.3 is 16.0 Å². The van der Waals surface area contributed by atoms with Crippen molar-refractivity contribution in [1.29, 1.82) is 0 Å². The zero-order chi connectivity index (χ0) is 22.2. The maximum Gasteiger partial charge on any atom is 0.257 e. The van der Waals surface area contributed by atoms with Crippen LogP contribution in [0, 0.1) is 19.8 Å². The topological polar surface area (TPSA) is 70.2 Å². The Kier molecular flexibility index (Phi) is 8.18. The van der Waals surface area contributed by atoms with Crippen molar-refractivity contribution < 1.29 is 9.59 Å². The van der Waals surface area contributed by atoms with Gasteiger partial charge in [-0.3, -0.25) is 9.59 Å². The number of thiocarbonyl (C=S) groups is 1. The lowest BCUT2D eigenvalue weighted by Crippen LogP contribution is -2.34. The summed E-state index contributed by atoms with van der Waals surface area (Å²) in [5.41, 5.74) is 4.04. The summed E-state index contributed by atoms with van der Waals surface area (Å²) in [6.07, 6.45) is 7.68. The van der Waals surface area contributed by atoms with Crippen LogP contribution in [0.1, 0.15) is 66.4 Å². The van der Waals surface area contributed by atoms with E-state index in [1.54, 1.807) is 18.2 Å². The Hall–Kier alpha value is -2.73. The normalized spacial score (nSPS) is 14.0. The maximum absolute atomic E-state index is 12.8. The summed E-state index contributed by atoms with van der Waals surface area (Å²) in [5.74, 6) is 0.328. The van der Waals surface area contributed by atoms with E-state index in [0.29, 0.717) is 23.6 Å². The van der Waals surface area contributed by atoms with E-state index in [0.717, 1.165) is 17.7 Å². The lowest BCUT2D eigenvalue weighted by molar-refractivity contribution is -0.120. The van der Waals surface area contributed by atoms with Gasteiger partial charge in [0.25, 0.3) is 5.91 Å². The Morgan fingerprint density at radius 1 is 0.968 bits per heavy atom. The highest BCUT2D eigenvalue weighted by atomic mass is 32.1. The molecule has 3 rings (SSSR count). The van der Waals surface area contributed by atoms with Crippen LogP contribution >= 0.6 is 12.2 Å². The summed E-state index contributed by atoms with van der Waals surface area (Å²) in [6.45, 7) is 4.04. The molecular formula is C25H31N3O2S. The molecule has 31 heavy (non-hydrogen) atoms. The van der Waals surface area contributed by atoms with Crippen LogP contribution in [-0.2, 0) is 4.79 Å². The summed E-state index contributed by atoms with van der Waals surface area (Å²) >= 11 is 5.32. The molecule has 0 heterocycles. The highest BCUT2D eigenvalue weighted by Crippen LogP contribution is 2.27. The number of hydrogen-bond acceptors (Lipinski definition) is 3. The van der Waals surface area contributed by atoms with Crippen LogP contribution in [0.2, 0.25) is 0 Å². The summed E-state index contributed by atoms with van der Waals surface area (Å²) in [6, 6.07) is 12.9. The molecular weight excluding hydrogens is 406 g/mol. The van der Waals surface area contributed by atoms with Crippen molar-refractivity contribution in [2.45, 2.75) is 58.8 Å². The quantitative estimate of drug-likeness (QED) is 0.505. The van der Waals surface area contributed by atoms with E-state index in [2.05, 4.69) is 16.0 Å². The molecule has 0 saturated heterocycles. The van der Waals surface area contributed by atoms with Crippen molar-refractivity contribution in [2.75, 3.05) is 10.6 Å². The van der Waals surface area contributed by atoms with Crippen molar-refractivity contribution in [3.8, 4) is 0 Å². The number of nitrogens with one attached hydrogen (secondary N) is 3. The molecule has 2 aromatic carbocycles. The first-order valence-electron chi connectivity index (χ1n) is 11.0. The number of carbonyl (C=O) groups excluding carboxylic acids is 2. The number of para-hydroxylation sites is 1. The molecule has 0 bridgehead atoms. The van der Waals surface area contributed by atoms with Gasteiger partial charge in [-0.2, -0.15) is 0 Å². The molecule has 164 valence electrons. The molecule has 5 nitrogen and oxygen atoms in total. The molecule has 6 heteroatoms. The first kappa shape index (κ1) is 22.9. The number of anilines is 2. The fraction of sp³-hybridized carbons (Fsp3) is 0.400. The highest BCUT2D eigenvalue weighted by molar-refractivity contribution is 7.80. The van der Waals surface area contributed by atoms with Crippen LogP contribution in [0.5, 0.6) is 0 Å². The van der Waals surface area contributed by atoms with E-state index < -0.39 is 0 Å². The van der Waals surface area contributed by atoms with Crippen molar-refractivity contribution in [3.63, 3.8) is 0 Å². The number of carbonyl (C=O) groups is 2. The molecule has 1 saturated carbocycles. The highest BCUT2D eigenvalue weighted by Gasteiger charge is 2.16. The van der Waals surface area contributed by atoms with Gasteiger partial charge in [-0.05, 0) is 73.8 Å². The zero-order valence-electron chi connectivity index (χ0n) is 18.3. The molecule has 0 unspecified atom stereocenters. The Morgan fingerprint density at radius 3 is 2.45 bits per heavy atom. The van der Waals surface area contributed by atoms with E-state index >= 15 is 0 Å². The van der Waals surface area contributed by atoms with E-state index in [1.807, 2.05) is 38.1 Å². The summed E-state index contributed by atoms with van der Waals surface area (Å²) in [4.78, 5) is 25.1. The van der Waals surface area contributed by atoms with Crippen LogP contribution < -0.4 is 16.0 Å². The lowest BCUT2D eigenvalue weighted by atomic mass is 9.86. The number of hydrogen-bond donors (Lipinski definition) is 3. The predicted octanol–water partition coefficient (Wildman–Crippen LogP) is 5.73. The molecule has 3 N–H and O–H groups in total. The fourth-order valence-corrected chi connectivity index (χ4v) is 4.19. The molecule has 2 aromatic rings. The van der Waals surface area contributed by atoms with Crippen LogP contribution in [0.3, 0.4) is 0 Å². The first-order valence-corrected chi connectivity index (χ1v) is 11.4. The van der Waals surface area contributed by atoms with E-state index in [-0.39, 0.29) is 16.9 Å². The van der Waals surface area contributed by atoms with Gasteiger partial charge in [0.05, 0.1) is 11.3 Å². The smallest absolute Gasteiger partial charge is 0.257 e. The maximum atomic E-state index is 12.8. The third-order valence-corrected chi connectivity index (χ3v) is 6.15. The summed E-state index contributed by atoms with van der Waals surface area (Å²) < 4.78 is 0. The van der Waals surface area contributed by atoms with E-state index in [1.165, 1.54) is 37.7 Å². The summed E-state index contributed by atoms with van der Waals surface area (Å²) in [7, 11) is 0. The molecule has 1 aliphatic rings. The second-order valence-corrected chi connectivity index (χ2v) is 8.75. The second kappa shape index (κ2) is 11.0. The lowest BCUT2D eigenvalue weighted by Gasteiger charge is -2.21. The largest absolute Gasteiger partial charge is 0.332 e. The van der Waals surface area contributed by atoms with Gasteiger partial charge in [0.1, 0.15) is 0 Å². The SMILES string of the molecule is Cc1ccc(NC(=O)c2ccccc2NC(=S)NC(=O)CCC2CCCCC2)cc1C. The predicted molar refractivity (Wildman–Crippen MR) is 130 cm³/mol. The van der Waals surface area contributed by atoms with Crippen molar-refractivity contribution in [2.24, 2.45) is 5.92 Å². The van der Waals surface area contributed by atoms with Crippen molar-refractivity contribution in [1.82, 2.24) is 5.32 Å². The zero-order valence-corrected chi connectivity index (χ0v) is 19.1. The van der Waals surface area contributed by atoms with Crippen LogP contribution in [-0.4, -0.2) is 16.9 Å². The molecule has 1 fully saturated rings. The first-order chi connectivity index (χ1) is 14.9. The third-order valence-electron chi connectivity index (χ3n) is 5.94. The molecule has 0 atom stereocenters. The standard InChI is InChI=1S/C25H31N3O2S/c1-17-12-14-20(16-18(17)2)26-24(30)21-10-6-7-11-22(21)27-25(31)28-23(29)15-13-19-8-4-3-5-9-19/h6-7,10-12,14,16,19H,3-5,8-9,13,15H2,1-2H3,(H,26,30)(H2,27,28,29,31). The van der Waals surface area contributed by atoms with Gasteiger partial charge in [0.15, 0.2) is 5.11 Å². The van der Waals surface area contributed by atoms with E-state index in [4.69, 9.17) is 12.2 Å². The molecule has 0 spiro atoms. The van der Waals surface area contributed by atoms with E-state index in [9.17, 15) is 9.59 Å². The van der Waals surface area contributed by atoms with Crippen LogP contribution in [0.25, 0.3) is 0 Å². The Bertz CT molecular complexity index is 952. The molecule has 0 aliphatic heterocycles. The monoisotopic (exact) mass is 437 g/mol. The van der Waals surface area contributed by atoms with Crippen molar-refractivity contribution >= 4 is 40.5 Å². The minimum Gasteiger partial charge on any atom is -0.332 e. The molecule has 0 radical (unpaired) electrons. The average Bonchev–Trinajstić information content (AvgIpc) is 2.76. The molecule has 0 aromatic heterocycles. The van der Waals surface area contributed by atoms with Gasteiger partial charge >= 0.3 is 0 Å². The van der Waals surface area contributed by atoms with Crippen LogP contribution in [0.15, 0.2) is 42.5 Å². The van der Waals surface area contributed by atoms with Crippen LogP contribution in [0.4, 0.5) is 11.4 Å². The van der Waals surface area contributed by atoms with Gasteiger partial charge in [0.2, 0.25) is 5.91 Å². The van der Waals surface area contributed by atoms with Gasteiger partial charge in [0, 0.05) is 12.1 Å². The van der Waals surface area contributed by atoms with Crippen molar-refractivity contribution in [3.05, 3.63) is 59.2 Å². The van der Waals surface area contributed by atoms with Gasteiger partial charge in [-0.25, -0.2) is 0 Å². The molecule has 2 amide bonds.